The molecule has 0 radical (unpaired) electrons. The highest BCUT2D eigenvalue weighted by molar-refractivity contribution is 6.28. The van der Waals surface area contributed by atoms with Gasteiger partial charge in [-0.05, 0) is 169 Å². The van der Waals surface area contributed by atoms with E-state index in [0.29, 0.717) is 11.3 Å². The average Bonchev–Trinajstić information content (AvgIpc) is 3.44. The predicted molar refractivity (Wildman–Crippen MR) is 292 cm³/mol. The van der Waals surface area contributed by atoms with E-state index in [1.54, 1.807) is 12.1 Å². The number of nitriles is 1. The van der Waals surface area contributed by atoms with Gasteiger partial charge in [0.2, 0.25) is 0 Å². The van der Waals surface area contributed by atoms with E-state index in [1.165, 1.54) is 24.3 Å². The van der Waals surface area contributed by atoms with Gasteiger partial charge in [-0.2, -0.15) is 5.26 Å². The number of benzene rings is 12. The maximum absolute atomic E-state index is 14.4. The third-order valence-corrected chi connectivity index (χ3v) is 13.5. The van der Waals surface area contributed by atoms with Crippen molar-refractivity contribution in [1.29, 1.82) is 5.26 Å². The molecule has 0 aliphatic carbocycles. The first-order valence-electron chi connectivity index (χ1n) is 23.6. The van der Waals surface area contributed by atoms with Gasteiger partial charge >= 0.3 is 0 Å². The molecule has 72 heavy (non-hydrogen) atoms. The van der Waals surface area contributed by atoms with E-state index in [4.69, 9.17) is 6.57 Å². The Morgan fingerprint density at radius 1 is 0.361 bits per heavy atom. The second-order valence-electron chi connectivity index (χ2n) is 17.8. The molecule has 12 rings (SSSR count). The van der Waals surface area contributed by atoms with Crippen molar-refractivity contribution >= 4 is 72.1 Å². The van der Waals surface area contributed by atoms with Gasteiger partial charge in [0, 0.05) is 33.5 Å². The molecule has 0 aromatic heterocycles. The third-order valence-electron chi connectivity index (χ3n) is 13.5. The molecule has 0 spiro atoms. The molecular formula is C66H40F2N4. The Morgan fingerprint density at radius 3 is 1.22 bits per heavy atom. The van der Waals surface area contributed by atoms with Crippen molar-refractivity contribution < 1.29 is 8.78 Å². The molecule has 0 amide bonds. The first-order chi connectivity index (χ1) is 35.4. The molecule has 0 fully saturated rings. The Bertz CT molecular complexity index is 3820. The topological polar surface area (TPSA) is 34.6 Å². The van der Waals surface area contributed by atoms with Gasteiger partial charge in [0.1, 0.15) is 11.6 Å². The highest BCUT2D eigenvalue weighted by Gasteiger charge is 2.24. The molecule has 0 heterocycles. The smallest absolute Gasteiger partial charge is 0.189 e. The molecule has 0 saturated carbocycles. The Morgan fingerprint density at radius 2 is 0.778 bits per heavy atom. The summed E-state index contributed by atoms with van der Waals surface area (Å²) in [5.74, 6) is -0.609. The van der Waals surface area contributed by atoms with Crippen molar-refractivity contribution in [2.75, 3.05) is 9.80 Å². The molecular weight excluding hydrogens is 887 g/mol. The van der Waals surface area contributed by atoms with Crippen molar-refractivity contribution in [1.82, 2.24) is 0 Å². The second-order valence-corrected chi connectivity index (χ2v) is 17.8. The first-order valence-corrected chi connectivity index (χ1v) is 23.6. The van der Waals surface area contributed by atoms with Crippen LogP contribution < -0.4 is 9.80 Å². The average molecular weight is 927 g/mol. The molecule has 0 bridgehead atoms. The zero-order chi connectivity index (χ0) is 48.7. The number of halogens is 2. The van der Waals surface area contributed by atoms with Crippen molar-refractivity contribution in [2.24, 2.45) is 0 Å². The zero-order valence-electron chi connectivity index (χ0n) is 38.6. The lowest BCUT2D eigenvalue weighted by atomic mass is 9.91. The van der Waals surface area contributed by atoms with Gasteiger partial charge in [0.15, 0.2) is 5.69 Å². The van der Waals surface area contributed by atoms with Gasteiger partial charge in [-0.25, -0.2) is 13.6 Å². The van der Waals surface area contributed by atoms with Crippen LogP contribution in [0.4, 0.5) is 48.6 Å². The summed E-state index contributed by atoms with van der Waals surface area (Å²) in [6, 6.07) is 81.7. The summed E-state index contributed by atoms with van der Waals surface area (Å²) in [5.41, 5.74) is 13.8. The van der Waals surface area contributed by atoms with E-state index in [2.05, 4.69) is 130 Å². The predicted octanol–water partition coefficient (Wildman–Crippen LogP) is 18.9. The minimum absolute atomic E-state index is 0.304. The molecule has 0 atom stereocenters. The molecule has 12 aromatic rings. The van der Waals surface area contributed by atoms with Crippen LogP contribution in [0.3, 0.4) is 0 Å². The van der Waals surface area contributed by atoms with Crippen LogP contribution in [0.15, 0.2) is 243 Å². The first kappa shape index (κ1) is 43.4. The van der Waals surface area contributed by atoms with E-state index in [-0.39, 0.29) is 11.6 Å². The summed E-state index contributed by atoms with van der Waals surface area (Å²) in [6.07, 6.45) is 0. The molecule has 6 heteroatoms. The lowest BCUT2D eigenvalue weighted by Crippen LogP contribution is -2.12. The fourth-order valence-electron chi connectivity index (χ4n) is 10.1. The van der Waals surface area contributed by atoms with Crippen LogP contribution in [0.1, 0.15) is 5.56 Å². The highest BCUT2D eigenvalue weighted by Crippen LogP contribution is 2.49. The van der Waals surface area contributed by atoms with Crippen LogP contribution in [0.5, 0.6) is 0 Å². The Balaban J connectivity index is 1.11. The van der Waals surface area contributed by atoms with Crippen molar-refractivity contribution in [3.63, 3.8) is 0 Å². The molecule has 0 unspecified atom stereocenters. The minimum Gasteiger partial charge on any atom is -0.311 e. The normalized spacial score (nSPS) is 11.2. The van der Waals surface area contributed by atoms with E-state index in [0.717, 1.165) is 111 Å². The Kier molecular flexibility index (Phi) is 11.0. The summed E-state index contributed by atoms with van der Waals surface area (Å²) in [5, 5.41) is 16.5. The number of rotatable bonds is 10. The summed E-state index contributed by atoms with van der Waals surface area (Å²) < 4.78 is 28.7. The standard InChI is InChI=1S/C66H40F2N4/c1-70-56-15-9-17-58(41-56)72(60-38-51(45-13-6-3-7-14-45)36-53(40-60)47-20-28-55(68)29-21-47)64-33-25-49-22-30-61-63(32-24-48-23-31-62(64)66(49)65(48)61)71(57-16-8-10-43(34-57)42-69)59-37-50(44-11-4-2-5-12-44)35-52(39-59)46-18-26-54(67)27-19-46/h2-41H. The van der Waals surface area contributed by atoms with Crippen LogP contribution in [-0.4, -0.2) is 0 Å². The van der Waals surface area contributed by atoms with Gasteiger partial charge in [0.25, 0.3) is 0 Å². The van der Waals surface area contributed by atoms with Crippen molar-refractivity contribution in [3.05, 3.63) is 271 Å². The lowest BCUT2D eigenvalue weighted by Gasteiger charge is -2.30. The van der Waals surface area contributed by atoms with Crippen molar-refractivity contribution in [2.45, 2.75) is 0 Å². The van der Waals surface area contributed by atoms with E-state index >= 15 is 0 Å². The molecule has 0 N–H and O–H groups in total. The van der Waals surface area contributed by atoms with Gasteiger partial charge < -0.3 is 9.80 Å². The van der Waals surface area contributed by atoms with Gasteiger partial charge in [-0.1, -0.05) is 140 Å². The number of hydrogen-bond donors (Lipinski definition) is 0. The zero-order valence-corrected chi connectivity index (χ0v) is 38.6. The molecule has 0 aliphatic rings. The van der Waals surface area contributed by atoms with Crippen LogP contribution in [0.25, 0.3) is 81.7 Å². The molecule has 12 aromatic carbocycles. The summed E-state index contributed by atoms with van der Waals surface area (Å²) in [4.78, 5) is 8.31. The molecule has 4 nitrogen and oxygen atoms in total. The fourth-order valence-corrected chi connectivity index (χ4v) is 10.1. The lowest BCUT2D eigenvalue weighted by molar-refractivity contribution is 0.627. The number of nitrogens with zero attached hydrogens (tertiary/aromatic N) is 4. The van der Waals surface area contributed by atoms with Crippen LogP contribution >= 0.6 is 0 Å². The molecule has 338 valence electrons. The Hall–Kier alpha value is -9.88. The number of anilines is 6. The maximum Gasteiger partial charge on any atom is 0.189 e. The summed E-state index contributed by atoms with van der Waals surface area (Å²) in [6.45, 7) is 8.04. The largest absolute Gasteiger partial charge is 0.311 e. The highest BCUT2D eigenvalue weighted by atomic mass is 19.1. The van der Waals surface area contributed by atoms with Gasteiger partial charge in [0.05, 0.1) is 29.6 Å². The van der Waals surface area contributed by atoms with E-state index in [9.17, 15) is 14.0 Å². The quantitative estimate of drug-likeness (QED) is 0.101. The van der Waals surface area contributed by atoms with Gasteiger partial charge in [-0.3, -0.25) is 0 Å². The third kappa shape index (κ3) is 7.99. The SMILES string of the molecule is [C-]#[N+]c1cccc(N(c2cc(-c3ccccc3)cc(-c3ccc(F)cc3)c2)c2ccc3ccc4c(N(c5cccc(C#N)c5)c5cc(-c6ccccc6)cc(-c6ccc(F)cc6)c5)ccc5ccc2c3c54)c1. The van der Waals surface area contributed by atoms with E-state index in [1.807, 2.05) is 97.1 Å². The fraction of sp³-hybridized carbons (Fsp3) is 0. The summed E-state index contributed by atoms with van der Waals surface area (Å²) in [7, 11) is 0. The van der Waals surface area contributed by atoms with Crippen LogP contribution in [-0.2, 0) is 0 Å². The van der Waals surface area contributed by atoms with Crippen LogP contribution in [0, 0.1) is 29.5 Å². The molecule has 0 aliphatic heterocycles. The van der Waals surface area contributed by atoms with Gasteiger partial charge in [-0.15, -0.1) is 0 Å². The van der Waals surface area contributed by atoms with Crippen molar-refractivity contribution in [3.8, 4) is 50.6 Å². The maximum atomic E-state index is 14.4. The number of hydrogen-bond acceptors (Lipinski definition) is 3. The Labute approximate surface area is 415 Å². The monoisotopic (exact) mass is 926 g/mol. The van der Waals surface area contributed by atoms with E-state index < -0.39 is 0 Å². The van der Waals surface area contributed by atoms with Crippen LogP contribution in [0.2, 0.25) is 0 Å². The second kappa shape index (κ2) is 18.2. The molecule has 0 saturated heterocycles. The summed E-state index contributed by atoms with van der Waals surface area (Å²) >= 11 is 0. The minimum atomic E-state index is -0.305.